The van der Waals surface area contributed by atoms with Crippen molar-refractivity contribution in [3.8, 4) is 0 Å². The van der Waals surface area contributed by atoms with Crippen LogP contribution in [0.25, 0.3) is 0 Å². The van der Waals surface area contributed by atoms with E-state index in [2.05, 4.69) is 0 Å². The first kappa shape index (κ1) is 16.0. The van der Waals surface area contributed by atoms with Crippen molar-refractivity contribution in [1.29, 1.82) is 0 Å². The smallest absolute Gasteiger partial charge is 0.336 e. The van der Waals surface area contributed by atoms with Crippen molar-refractivity contribution in [2.45, 2.75) is 43.9 Å². The van der Waals surface area contributed by atoms with Gasteiger partial charge in [-0.2, -0.15) is 4.31 Å². The molecule has 0 atom stereocenters. The van der Waals surface area contributed by atoms with Crippen molar-refractivity contribution in [1.82, 2.24) is 4.31 Å². The topological polar surface area (TPSA) is 74.7 Å². The SMILES string of the molecule is CCc1ccc(S(=O)(=O)N2CCCCCC2)cc1C(=O)O. The monoisotopic (exact) mass is 311 g/mol. The van der Waals surface area contributed by atoms with Gasteiger partial charge in [0.25, 0.3) is 0 Å². The number of hydrogen-bond donors (Lipinski definition) is 1. The molecule has 1 N–H and O–H groups in total. The molecule has 0 aliphatic carbocycles. The number of sulfonamides is 1. The third-order valence-electron chi connectivity index (χ3n) is 3.90. The van der Waals surface area contributed by atoms with Gasteiger partial charge in [-0.3, -0.25) is 0 Å². The summed E-state index contributed by atoms with van der Waals surface area (Å²) >= 11 is 0. The third-order valence-corrected chi connectivity index (χ3v) is 5.79. The molecule has 0 amide bonds. The lowest BCUT2D eigenvalue weighted by Gasteiger charge is -2.20. The van der Waals surface area contributed by atoms with Gasteiger partial charge in [-0.25, -0.2) is 13.2 Å². The lowest BCUT2D eigenvalue weighted by molar-refractivity contribution is 0.0695. The van der Waals surface area contributed by atoms with Crippen LogP contribution in [0.15, 0.2) is 23.1 Å². The second-order valence-corrected chi connectivity index (χ2v) is 7.23. The summed E-state index contributed by atoms with van der Waals surface area (Å²) < 4.78 is 26.8. The largest absolute Gasteiger partial charge is 0.478 e. The van der Waals surface area contributed by atoms with Gasteiger partial charge in [0.05, 0.1) is 10.5 Å². The highest BCUT2D eigenvalue weighted by Gasteiger charge is 2.26. The number of carbonyl (C=O) groups is 1. The van der Waals surface area contributed by atoms with Crippen LogP contribution in [-0.2, 0) is 16.4 Å². The molecule has 1 aliphatic rings. The molecule has 0 unspecified atom stereocenters. The fraction of sp³-hybridized carbons (Fsp3) is 0.533. The molecule has 1 aromatic rings. The summed E-state index contributed by atoms with van der Waals surface area (Å²) in [5.41, 5.74) is 0.728. The predicted octanol–water partition coefficient (Wildman–Crippen LogP) is 2.51. The molecule has 116 valence electrons. The standard InChI is InChI=1S/C15H21NO4S/c1-2-12-7-8-13(11-14(12)15(17)18)21(19,20)16-9-5-3-4-6-10-16/h7-8,11H,2-6,9-10H2,1H3,(H,17,18). The summed E-state index contributed by atoms with van der Waals surface area (Å²) in [6.45, 7) is 2.88. The van der Waals surface area contributed by atoms with Gasteiger partial charge in [0, 0.05) is 13.1 Å². The summed E-state index contributed by atoms with van der Waals surface area (Å²) in [4.78, 5) is 11.4. The Morgan fingerprint density at radius 3 is 2.33 bits per heavy atom. The van der Waals surface area contributed by atoms with Crippen LogP contribution >= 0.6 is 0 Å². The first-order chi connectivity index (χ1) is 9.96. The van der Waals surface area contributed by atoms with Crippen molar-refractivity contribution in [3.05, 3.63) is 29.3 Å². The average Bonchev–Trinajstić information content (AvgIpc) is 2.76. The molecule has 0 aromatic heterocycles. The van der Waals surface area contributed by atoms with Gasteiger partial charge >= 0.3 is 5.97 Å². The van der Waals surface area contributed by atoms with Crippen molar-refractivity contribution < 1.29 is 18.3 Å². The summed E-state index contributed by atoms with van der Waals surface area (Å²) in [6.07, 6.45) is 4.37. The van der Waals surface area contributed by atoms with Crippen LogP contribution < -0.4 is 0 Å². The zero-order valence-corrected chi connectivity index (χ0v) is 13.0. The number of nitrogens with zero attached hydrogens (tertiary/aromatic N) is 1. The highest BCUT2D eigenvalue weighted by molar-refractivity contribution is 7.89. The maximum Gasteiger partial charge on any atom is 0.336 e. The van der Waals surface area contributed by atoms with E-state index in [1.165, 1.54) is 16.4 Å². The second kappa shape index (κ2) is 6.58. The number of aromatic carboxylic acids is 1. The van der Waals surface area contributed by atoms with Crippen LogP contribution in [0.2, 0.25) is 0 Å². The molecule has 0 saturated carbocycles. The van der Waals surface area contributed by atoms with E-state index in [1.807, 2.05) is 6.92 Å². The molecule has 21 heavy (non-hydrogen) atoms. The molecule has 0 spiro atoms. The summed E-state index contributed by atoms with van der Waals surface area (Å²) in [7, 11) is -3.60. The van der Waals surface area contributed by atoms with E-state index in [1.54, 1.807) is 6.07 Å². The molecule has 1 aromatic carbocycles. The van der Waals surface area contributed by atoms with E-state index in [-0.39, 0.29) is 10.5 Å². The van der Waals surface area contributed by atoms with Gasteiger partial charge in [-0.05, 0) is 37.0 Å². The van der Waals surface area contributed by atoms with Gasteiger partial charge in [-0.15, -0.1) is 0 Å². The number of hydrogen-bond acceptors (Lipinski definition) is 3. The Morgan fingerprint density at radius 1 is 1.19 bits per heavy atom. The lowest BCUT2D eigenvalue weighted by atomic mass is 10.1. The molecular weight excluding hydrogens is 290 g/mol. The molecule has 0 radical (unpaired) electrons. The highest BCUT2D eigenvalue weighted by atomic mass is 32.2. The molecular formula is C15H21NO4S. The minimum atomic E-state index is -3.60. The van der Waals surface area contributed by atoms with Gasteiger partial charge in [0.15, 0.2) is 0 Å². The Hall–Kier alpha value is -1.40. The number of carboxylic acids is 1. The molecule has 1 fully saturated rings. The molecule has 1 aliphatic heterocycles. The van der Waals surface area contributed by atoms with Gasteiger partial charge in [-0.1, -0.05) is 25.8 Å². The van der Waals surface area contributed by atoms with E-state index < -0.39 is 16.0 Å². The first-order valence-corrected chi connectivity index (χ1v) is 8.77. The molecule has 2 rings (SSSR count). The number of benzene rings is 1. The molecule has 6 heteroatoms. The highest BCUT2D eigenvalue weighted by Crippen LogP contribution is 2.23. The molecule has 1 heterocycles. The van der Waals surface area contributed by atoms with E-state index in [0.29, 0.717) is 25.1 Å². The van der Waals surface area contributed by atoms with Crippen LogP contribution in [0.5, 0.6) is 0 Å². The summed E-state index contributed by atoms with van der Waals surface area (Å²) in [6, 6.07) is 4.42. The zero-order valence-electron chi connectivity index (χ0n) is 12.2. The van der Waals surface area contributed by atoms with E-state index >= 15 is 0 Å². The second-order valence-electron chi connectivity index (χ2n) is 5.30. The minimum Gasteiger partial charge on any atom is -0.478 e. The fourth-order valence-corrected chi connectivity index (χ4v) is 4.20. The quantitative estimate of drug-likeness (QED) is 0.927. The lowest BCUT2D eigenvalue weighted by Crippen LogP contribution is -2.32. The van der Waals surface area contributed by atoms with E-state index in [9.17, 15) is 18.3 Å². The van der Waals surface area contributed by atoms with Crippen LogP contribution in [0.4, 0.5) is 0 Å². The summed E-state index contributed by atoms with van der Waals surface area (Å²) in [5.74, 6) is -1.08. The molecule has 0 bridgehead atoms. The zero-order chi connectivity index (χ0) is 15.5. The predicted molar refractivity (Wildman–Crippen MR) is 80.0 cm³/mol. The molecule has 1 saturated heterocycles. The Balaban J connectivity index is 2.39. The van der Waals surface area contributed by atoms with Crippen molar-refractivity contribution in [2.24, 2.45) is 0 Å². The van der Waals surface area contributed by atoms with Crippen molar-refractivity contribution in [2.75, 3.05) is 13.1 Å². The number of rotatable bonds is 4. The molecule has 5 nitrogen and oxygen atoms in total. The van der Waals surface area contributed by atoms with Crippen LogP contribution in [0.1, 0.15) is 48.5 Å². The number of carboxylic acid groups (broad SMARTS) is 1. The Kier molecular flexibility index (Phi) is 5.00. The van der Waals surface area contributed by atoms with E-state index in [4.69, 9.17) is 0 Å². The average molecular weight is 311 g/mol. The van der Waals surface area contributed by atoms with E-state index in [0.717, 1.165) is 25.7 Å². The Labute approximate surface area is 125 Å². The third kappa shape index (κ3) is 3.44. The maximum absolute atomic E-state index is 12.6. The normalized spacial score (nSPS) is 17.4. The Bertz CT molecular complexity index is 617. The minimum absolute atomic E-state index is 0.0772. The van der Waals surface area contributed by atoms with Crippen molar-refractivity contribution in [3.63, 3.8) is 0 Å². The maximum atomic E-state index is 12.6. The fourth-order valence-electron chi connectivity index (χ4n) is 2.65. The summed E-state index contributed by atoms with van der Waals surface area (Å²) in [5, 5.41) is 9.23. The number of aryl methyl sites for hydroxylation is 1. The Morgan fingerprint density at radius 2 is 1.81 bits per heavy atom. The van der Waals surface area contributed by atoms with Crippen LogP contribution in [0, 0.1) is 0 Å². The van der Waals surface area contributed by atoms with Gasteiger partial charge < -0.3 is 5.11 Å². The van der Waals surface area contributed by atoms with Crippen LogP contribution in [-0.4, -0.2) is 36.9 Å². The van der Waals surface area contributed by atoms with Crippen LogP contribution in [0.3, 0.4) is 0 Å². The first-order valence-electron chi connectivity index (χ1n) is 7.33. The van der Waals surface area contributed by atoms with Gasteiger partial charge in [0.2, 0.25) is 10.0 Å². The van der Waals surface area contributed by atoms with Gasteiger partial charge in [0.1, 0.15) is 0 Å². The van der Waals surface area contributed by atoms with Crippen molar-refractivity contribution >= 4 is 16.0 Å².